The third-order valence-corrected chi connectivity index (χ3v) is 3.50. The number of para-hydroxylation sites is 1. The van der Waals surface area contributed by atoms with Crippen LogP contribution in [-0.4, -0.2) is 6.21 Å². The summed E-state index contributed by atoms with van der Waals surface area (Å²) in [5.41, 5.74) is 1.90. The molecule has 0 radical (unpaired) electrons. The Labute approximate surface area is 138 Å². The molecule has 0 aliphatic heterocycles. The van der Waals surface area contributed by atoms with E-state index in [2.05, 4.69) is 20.9 Å². The molecule has 3 aromatic carbocycles. The van der Waals surface area contributed by atoms with Crippen molar-refractivity contribution < 1.29 is 4.74 Å². The minimum atomic E-state index is 0.773. The summed E-state index contributed by atoms with van der Waals surface area (Å²) >= 11 is 3.46. The highest BCUT2D eigenvalue weighted by Gasteiger charge is 1.98. The molecule has 3 rings (SSSR count). The molecule has 0 spiro atoms. The minimum Gasteiger partial charge on any atom is -0.457 e. The maximum atomic E-state index is 5.81. The molecule has 0 atom stereocenters. The molecule has 3 aromatic rings. The van der Waals surface area contributed by atoms with E-state index in [1.807, 2.05) is 85.1 Å². The van der Waals surface area contributed by atoms with Crippen LogP contribution in [-0.2, 0) is 0 Å². The molecule has 0 saturated carbocycles. The summed E-state index contributed by atoms with van der Waals surface area (Å²) in [7, 11) is 0. The van der Waals surface area contributed by atoms with Gasteiger partial charge in [-0.1, -0.05) is 52.3 Å². The van der Waals surface area contributed by atoms with Gasteiger partial charge in [0.2, 0.25) is 0 Å². The fourth-order valence-corrected chi connectivity index (χ4v) is 2.40. The first-order valence-electron chi connectivity index (χ1n) is 6.92. The quantitative estimate of drug-likeness (QED) is 0.528. The number of nitrogens with zero attached hydrogens (tertiary/aromatic N) is 1. The van der Waals surface area contributed by atoms with Gasteiger partial charge in [-0.15, -0.1) is 0 Å². The minimum absolute atomic E-state index is 0.773. The SMILES string of the molecule is Brc1cccc(C=Nc2cccc(Oc3ccccc3)c2)c1. The largest absolute Gasteiger partial charge is 0.457 e. The van der Waals surface area contributed by atoms with Gasteiger partial charge in [0.05, 0.1) is 5.69 Å². The average Bonchev–Trinajstić information content (AvgIpc) is 2.54. The number of hydrogen-bond acceptors (Lipinski definition) is 2. The number of halogens is 1. The van der Waals surface area contributed by atoms with Crippen molar-refractivity contribution in [3.05, 3.63) is 88.9 Å². The standard InChI is InChI=1S/C19H14BrNO/c20-16-7-4-6-15(12-16)14-21-17-8-5-11-19(13-17)22-18-9-2-1-3-10-18/h1-14H. The van der Waals surface area contributed by atoms with Gasteiger partial charge in [-0.2, -0.15) is 0 Å². The Balaban J connectivity index is 1.76. The summed E-state index contributed by atoms with van der Waals surface area (Å²) in [6.45, 7) is 0. The van der Waals surface area contributed by atoms with Gasteiger partial charge in [-0.25, -0.2) is 0 Å². The number of rotatable bonds is 4. The molecule has 0 saturated heterocycles. The lowest BCUT2D eigenvalue weighted by Gasteiger charge is -2.05. The monoisotopic (exact) mass is 351 g/mol. The molecule has 0 bridgehead atoms. The Bertz CT molecular complexity index is 784. The molecule has 3 heteroatoms. The summed E-state index contributed by atoms with van der Waals surface area (Å²) < 4.78 is 6.85. The zero-order valence-electron chi connectivity index (χ0n) is 11.8. The molecular weight excluding hydrogens is 338 g/mol. The second-order valence-corrected chi connectivity index (χ2v) is 5.64. The Morgan fingerprint density at radius 3 is 2.36 bits per heavy atom. The predicted octanol–water partition coefficient (Wildman–Crippen LogP) is 5.99. The van der Waals surface area contributed by atoms with Crippen LogP contribution < -0.4 is 4.74 Å². The molecule has 0 heterocycles. The zero-order valence-corrected chi connectivity index (χ0v) is 13.4. The molecule has 0 aliphatic carbocycles. The molecule has 0 unspecified atom stereocenters. The lowest BCUT2D eigenvalue weighted by Crippen LogP contribution is -1.83. The van der Waals surface area contributed by atoms with E-state index in [-0.39, 0.29) is 0 Å². The third kappa shape index (κ3) is 4.06. The first-order valence-corrected chi connectivity index (χ1v) is 7.71. The van der Waals surface area contributed by atoms with Crippen molar-refractivity contribution in [3.63, 3.8) is 0 Å². The Kier molecular flexibility index (Phi) is 4.66. The van der Waals surface area contributed by atoms with Crippen LogP contribution in [0.5, 0.6) is 11.5 Å². The average molecular weight is 352 g/mol. The summed E-state index contributed by atoms with van der Waals surface area (Å²) in [5, 5.41) is 0. The highest BCUT2D eigenvalue weighted by molar-refractivity contribution is 9.10. The smallest absolute Gasteiger partial charge is 0.129 e. The van der Waals surface area contributed by atoms with Gasteiger partial charge in [0, 0.05) is 16.8 Å². The fraction of sp³-hybridized carbons (Fsp3) is 0. The molecule has 22 heavy (non-hydrogen) atoms. The van der Waals surface area contributed by atoms with Gasteiger partial charge < -0.3 is 4.74 Å². The maximum Gasteiger partial charge on any atom is 0.129 e. The zero-order chi connectivity index (χ0) is 15.2. The van der Waals surface area contributed by atoms with Gasteiger partial charge >= 0.3 is 0 Å². The van der Waals surface area contributed by atoms with Crippen molar-refractivity contribution in [1.82, 2.24) is 0 Å². The van der Waals surface area contributed by atoms with E-state index >= 15 is 0 Å². The van der Waals surface area contributed by atoms with Crippen LogP contribution in [0.3, 0.4) is 0 Å². The van der Waals surface area contributed by atoms with Crippen molar-refractivity contribution in [1.29, 1.82) is 0 Å². The van der Waals surface area contributed by atoms with Crippen LogP contribution in [0.15, 0.2) is 88.3 Å². The highest BCUT2D eigenvalue weighted by atomic mass is 79.9. The van der Waals surface area contributed by atoms with Gasteiger partial charge in [0.15, 0.2) is 0 Å². The predicted molar refractivity (Wildman–Crippen MR) is 94.4 cm³/mol. The van der Waals surface area contributed by atoms with Gasteiger partial charge in [0.1, 0.15) is 11.5 Å². The number of hydrogen-bond donors (Lipinski definition) is 0. The van der Waals surface area contributed by atoms with Gasteiger partial charge in [-0.05, 0) is 42.0 Å². The van der Waals surface area contributed by atoms with E-state index in [9.17, 15) is 0 Å². The molecule has 0 aromatic heterocycles. The van der Waals surface area contributed by atoms with E-state index in [0.717, 1.165) is 27.2 Å². The summed E-state index contributed by atoms with van der Waals surface area (Å²) in [5.74, 6) is 1.59. The van der Waals surface area contributed by atoms with Crippen molar-refractivity contribution >= 4 is 27.8 Å². The number of ether oxygens (including phenoxy) is 1. The van der Waals surface area contributed by atoms with Gasteiger partial charge in [-0.3, -0.25) is 4.99 Å². The highest BCUT2D eigenvalue weighted by Crippen LogP contribution is 2.25. The van der Waals surface area contributed by atoms with Gasteiger partial charge in [0.25, 0.3) is 0 Å². The van der Waals surface area contributed by atoms with Crippen LogP contribution >= 0.6 is 15.9 Å². The number of aliphatic imine (C=N–C) groups is 1. The van der Waals surface area contributed by atoms with E-state index in [0.29, 0.717) is 0 Å². The fourth-order valence-electron chi connectivity index (χ4n) is 1.99. The lowest BCUT2D eigenvalue weighted by atomic mass is 10.2. The molecule has 108 valence electrons. The first kappa shape index (κ1) is 14.5. The van der Waals surface area contributed by atoms with Crippen LogP contribution in [0.1, 0.15) is 5.56 Å². The maximum absolute atomic E-state index is 5.81. The summed E-state index contributed by atoms with van der Waals surface area (Å²) in [6.07, 6.45) is 1.84. The van der Waals surface area contributed by atoms with Crippen LogP contribution in [0.4, 0.5) is 5.69 Å². The van der Waals surface area contributed by atoms with Crippen molar-refractivity contribution in [3.8, 4) is 11.5 Å². The number of benzene rings is 3. The molecule has 0 fully saturated rings. The molecule has 0 amide bonds. The van der Waals surface area contributed by atoms with Crippen LogP contribution in [0.25, 0.3) is 0 Å². The first-order chi connectivity index (χ1) is 10.8. The van der Waals surface area contributed by atoms with E-state index in [4.69, 9.17) is 4.74 Å². The lowest BCUT2D eigenvalue weighted by molar-refractivity contribution is 0.483. The second kappa shape index (κ2) is 7.05. The summed E-state index contributed by atoms with van der Waals surface area (Å²) in [4.78, 5) is 4.49. The van der Waals surface area contributed by atoms with Crippen molar-refractivity contribution in [2.24, 2.45) is 4.99 Å². The Hall–Kier alpha value is -2.39. The van der Waals surface area contributed by atoms with Crippen molar-refractivity contribution in [2.45, 2.75) is 0 Å². The third-order valence-electron chi connectivity index (χ3n) is 3.01. The second-order valence-electron chi connectivity index (χ2n) is 4.73. The Morgan fingerprint density at radius 2 is 1.55 bits per heavy atom. The van der Waals surface area contributed by atoms with E-state index in [1.54, 1.807) is 0 Å². The van der Waals surface area contributed by atoms with E-state index in [1.165, 1.54) is 0 Å². The van der Waals surface area contributed by atoms with Crippen molar-refractivity contribution in [2.75, 3.05) is 0 Å². The molecule has 2 nitrogen and oxygen atoms in total. The van der Waals surface area contributed by atoms with Crippen LogP contribution in [0.2, 0.25) is 0 Å². The normalized spacial score (nSPS) is 10.8. The summed E-state index contributed by atoms with van der Waals surface area (Å²) in [6, 6.07) is 25.5. The topological polar surface area (TPSA) is 21.6 Å². The molecular formula is C19H14BrNO. The molecule has 0 aliphatic rings. The van der Waals surface area contributed by atoms with Crippen LogP contribution in [0, 0.1) is 0 Å². The molecule has 0 N–H and O–H groups in total. The Morgan fingerprint density at radius 1 is 0.773 bits per heavy atom. The van der Waals surface area contributed by atoms with E-state index < -0.39 is 0 Å².